The number of rotatable bonds is 2. The van der Waals surface area contributed by atoms with Gasteiger partial charge in [0.1, 0.15) is 0 Å². The maximum Gasteiger partial charge on any atom is 0.175 e. The first-order valence-electron chi connectivity index (χ1n) is 4.08. The number of halogens is 1. The Morgan fingerprint density at radius 3 is 2.36 bits per heavy atom. The molecule has 2 N–H and O–H groups in total. The number of benzene rings is 1. The zero-order chi connectivity index (χ0) is 10.9. The van der Waals surface area contributed by atoms with Crippen LogP contribution in [-0.2, 0) is 9.84 Å². The van der Waals surface area contributed by atoms with Gasteiger partial charge in [0.05, 0.1) is 4.90 Å². The molecule has 1 atom stereocenters. The largest absolute Gasteiger partial charge is 0.324 e. The summed E-state index contributed by atoms with van der Waals surface area (Å²) in [6.45, 7) is 1.76. The predicted octanol–water partition coefficient (Wildman–Crippen LogP) is 1.87. The van der Waals surface area contributed by atoms with E-state index in [0.29, 0.717) is 10.5 Å². The van der Waals surface area contributed by atoms with Gasteiger partial charge in [-0.25, -0.2) is 8.42 Å². The Morgan fingerprint density at radius 1 is 1.43 bits per heavy atom. The first-order chi connectivity index (χ1) is 6.34. The minimum Gasteiger partial charge on any atom is -0.324 e. The molecule has 1 aromatic rings. The van der Waals surface area contributed by atoms with E-state index in [9.17, 15) is 8.42 Å². The second-order valence-electron chi connectivity index (χ2n) is 3.21. The molecule has 0 fully saturated rings. The van der Waals surface area contributed by atoms with Gasteiger partial charge < -0.3 is 5.73 Å². The summed E-state index contributed by atoms with van der Waals surface area (Å²) in [7, 11) is -3.21. The Labute approximate surface area is 92.4 Å². The van der Waals surface area contributed by atoms with Crippen molar-refractivity contribution in [2.75, 3.05) is 6.26 Å². The highest BCUT2D eigenvalue weighted by Gasteiger charge is 2.17. The minimum atomic E-state index is -3.21. The van der Waals surface area contributed by atoms with Crippen LogP contribution in [0, 0.1) is 0 Å². The molecule has 0 bridgehead atoms. The normalized spacial score (nSPS) is 14.0. The lowest BCUT2D eigenvalue weighted by Gasteiger charge is -2.13. The molecule has 3 nitrogen and oxygen atoms in total. The summed E-state index contributed by atoms with van der Waals surface area (Å²) in [5, 5.41) is 0. The van der Waals surface area contributed by atoms with Gasteiger partial charge in [0.25, 0.3) is 0 Å². The van der Waals surface area contributed by atoms with Gasteiger partial charge in [-0.1, -0.05) is 22.0 Å². The average Bonchev–Trinajstić information content (AvgIpc) is 2.01. The van der Waals surface area contributed by atoms with Crippen LogP contribution in [0.1, 0.15) is 18.5 Å². The lowest BCUT2D eigenvalue weighted by molar-refractivity contribution is 0.599. The van der Waals surface area contributed by atoms with Crippen LogP contribution < -0.4 is 5.73 Å². The van der Waals surface area contributed by atoms with E-state index in [1.165, 1.54) is 6.26 Å². The van der Waals surface area contributed by atoms with Gasteiger partial charge in [-0.2, -0.15) is 0 Å². The summed E-state index contributed by atoms with van der Waals surface area (Å²) in [5.41, 5.74) is 6.35. The lowest BCUT2D eigenvalue weighted by Crippen LogP contribution is -2.12. The third-order valence-electron chi connectivity index (χ3n) is 1.87. The maximum absolute atomic E-state index is 11.4. The van der Waals surface area contributed by atoms with Gasteiger partial charge >= 0.3 is 0 Å². The van der Waals surface area contributed by atoms with Crippen LogP contribution in [0.4, 0.5) is 0 Å². The van der Waals surface area contributed by atoms with Crippen molar-refractivity contribution in [1.29, 1.82) is 0 Å². The van der Waals surface area contributed by atoms with E-state index >= 15 is 0 Å². The van der Waals surface area contributed by atoms with Crippen molar-refractivity contribution >= 4 is 25.8 Å². The second kappa shape index (κ2) is 4.00. The van der Waals surface area contributed by atoms with Crippen LogP contribution in [0.2, 0.25) is 0 Å². The van der Waals surface area contributed by atoms with Gasteiger partial charge in [0.2, 0.25) is 0 Å². The molecule has 0 aliphatic heterocycles. The Bertz CT molecular complexity index is 440. The third kappa shape index (κ3) is 2.34. The Kier molecular flexibility index (Phi) is 3.34. The van der Waals surface area contributed by atoms with Gasteiger partial charge in [-0.15, -0.1) is 0 Å². The number of hydrogen-bond acceptors (Lipinski definition) is 3. The smallest absolute Gasteiger partial charge is 0.175 e. The lowest BCUT2D eigenvalue weighted by atomic mass is 10.1. The van der Waals surface area contributed by atoms with E-state index in [2.05, 4.69) is 15.9 Å². The topological polar surface area (TPSA) is 60.2 Å². The first kappa shape index (κ1) is 11.7. The molecule has 0 saturated heterocycles. The van der Waals surface area contributed by atoms with E-state index in [4.69, 9.17) is 5.73 Å². The summed E-state index contributed by atoms with van der Waals surface area (Å²) in [6, 6.07) is 4.73. The molecule has 1 unspecified atom stereocenters. The molecule has 0 aliphatic carbocycles. The van der Waals surface area contributed by atoms with E-state index < -0.39 is 9.84 Å². The van der Waals surface area contributed by atoms with Crippen molar-refractivity contribution in [1.82, 2.24) is 0 Å². The zero-order valence-electron chi connectivity index (χ0n) is 7.99. The zero-order valence-corrected chi connectivity index (χ0v) is 10.4. The van der Waals surface area contributed by atoms with Crippen LogP contribution in [0.25, 0.3) is 0 Å². The van der Waals surface area contributed by atoms with Gasteiger partial charge in [0.15, 0.2) is 9.84 Å². The SMILES string of the molecule is CC(N)c1c(Br)cccc1S(C)(=O)=O. The number of nitrogens with two attached hydrogens (primary N) is 1. The van der Waals surface area contributed by atoms with Crippen molar-refractivity contribution in [3.63, 3.8) is 0 Å². The molecule has 14 heavy (non-hydrogen) atoms. The fraction of sp³-hybridized carbons (Fsp3) is 0.333. The second-order valence-corrected chi connectivity index (χ2v) is 6.05. The molecule has 78 valence electrons. The standard InChI is InChI=1S/C9H12BrNO2S/c1-6(11)9-7(10)4-3-5-8(9)14(2,12)13/h3-6H,11H2,1-2H3. The first-order valence-corrected chi connectivity index (χ1v) is 6.76. The minimum absolute atomic E-state index is 0.293. The van der Waals surface area contributed by atoms with Crippen molar-refractivity contribution in [3.05, 3.63) is 28.2 Å². The Hall–Kier alpha value is -0.390. The monoisotopic (exact) mass is 277 g/mol. The fourth-order valence-corrected chi connectivity index (χ4v) is 3.16. The van der Waals surface area contributed by atoms with Gasteiger partial charge in [-0.3, -0.25) is 0 Å². The summed E-state index contributed by atoms with van der Waals surface area (Å²) in [5.74, 6) is 0. The van der Waals surface area contributed by atoms with Crippen molar-refractivity contribution in [2.45, 2.75) is 17.9 Å². The van der Waals surface area contributed by atoms with E-state index in [1.807, 2.05) is 0 Å². The van der Waals surface area contributed by atoms with E-state index in [0.717, 1.165) is 4.47 Å². The Morgan fingerprint density at radius 2 is 2.00 bits per heavy atom. The van der Waals surface area contributed by atoms with Gasteiger partial charge in [0, 0.05) is 22.3 Å². The quantitative estimate of drug-likeness (QED) is 0.898. The summed E-state index contributed by atoms with van der Waals surface area (Å²) in [4.78, 5) is 0.293. The number of hydrogen-bond donors (Lipinski definition) is 1. The molecule has 0 aliphatic rings. The molecule has 0 aromatic heterocycles. The highest BCUT2D eigenvalue weighted by atomic mass is 79.9. The summed E-state index contributed by atoms with van der Waals surface area (Å²) >= 11 is 3.30. The molecule has 0 spiro atoms. The molecular formula is C9H12BrNO2S. The average molecular weight is 278 g/mol. The fourth-order valence-electron chi connectivity index (χ4n) is 1.28. The third-order valence-corrected chi connectivity index (χ3v) is 3.71. The maximum atomic E-state index is 11.4. The van der Waals surface area contributed by atoms with Gasteiger partial charge in [-0.05, 0) is 19.1 Å². The summed E-state index contributed by atoms with van der Waals surface area (Å²) < 4.78 is 23.6. The molecule has 5 heteroatoms. The van der Waals surface area contributed by atoms with Crippen molar-refractivity contribution in [2.24, 2.45) is 5.73 Å². The van der Waals surface area contributed by atoms with Crippen LogP contribution in [0.3, 0.4) is 0 Å². The summed E-state index contributed by atoms with van der Waals surface area (Å²) in [6.07, 6.45) is 1.18. The van der Waals surface area contributed by atoms with E-state index in [-0.39, 0.29) is 6.04 Å². The molecule has 0 heterocycles. The van der Waals surface area contributed by atoms with Crippen LogP contribution >= 0.6 is 15.9 Å². The molecule has 1 rings (SSSR count). The molecule has 1 aromatic carbocycles. The molecule has 0 radical (unpaired) electrons. The van der Waals surface area contributed by atoms with E-state index in [1.54, 1.807) is 25.1 Å². The van der Waals surface area contributed by atoms with Crippen LogP contribution in [0.5, 0.6) is 0 Å². The Balaban J connectivity index is 3.52. The number of sulfone groups is 1. The van der Waals surface area contributed by atoms with Crippen LogP contribution in [0.15, 0.2) is 27.6 Å². The van der Waals surface area contributed by atoms with Crippen LogP contribution in [-0.4, -0.2) is 14.7 Å². The molecular weight excluding hydrogens is 266 g/mol. The molecule has 0 saturated carbocycles. The highest BCUT2D eigenvalue weighted by molar-refractivity contribution is 9.10. The van der Waals surface area contributed by atoms with Crippen molar-refractivity contribution in [3.8, 4) is 0 Å². The highest BCUT2D eigenvalue weighted by Crippen LogP contribution is 2.28. The predicted molar refractivity (Wildman–Crippen MR) is 59.9 cm³/mol. The molecule has 0 amide bonds. The van der Waals surface area contributed by atoms with Crippen molar-refractivity contribution < 1.29 is 8.42 Å².